The lowest BCUT2D eigenvalue weighted by Gasteiger charge is -2.22. The lowest BCUT2D eigenvalue weighted by molar-refractivity contribution is -0.0949. The highest BCUT2D eigenvalue weighted by molar-refractivity contribution is 5.05. The zero-order chi connectivity index (χ0) is 11.0. The van der Waals surface area contributed by atoms with E-state index in [4.69, 9.17) is 9.47 Å². The van der Waals surface area contributed by atoms with Crippen molar-refractivity contribution < 1.29 is 14.6 Å². The van der Waals surface area contributed by atoms with Gasteiger partial charge in [0.1, 0.15) is 12.7 Å². The predicted octanol–water partition coefficient (Wildman–Crippen LogP) is 0.193. The smallest absolute Gasteiger partial charge is 0.164 e. The van der Waals surface area contributed by atoms with Crippen molar-refractivity contribution in [1.82, 2.24) is 14.8 Å². The molecule has 1 saturated heterocycles. The van der Waals surface area contributed by atoms with Gasteiger partial charge < -0.3 is 19.1 Å². The van der Waals surface area contributed by atoms with Gasteiger partial charge in [-0.2, -0.15) is 0 Å². The number of hydrogen-bond donors (Lipinski definition) is 1. The van der Waals surface area contributed by atoms with Crippen molar-refractivity contribution in [2.24, 2.45) is 0 Å². The van der Waals surface area contributed by atoms with Gasteiger partial charge in [0.2, 0.25) is 0 Å². The molecule has 1 unspecified atom stereocenters. The topological polar surface area (TPSA) is 69.4 Å². The molecule has 0 amide bonds. The molecule has 2 heterocycles. The van der Waals surface area contributed by atoms with Crippen LogP contribution in [0.25, 0.3) is 0 Å². The second-order valence-electron chi connectivity index (χ2n) is 4.17. The average Bonchev–Trinajstić information content (AvgIpc) is 3.09. The predicted molar refractivity (Wildman–Crippen MR) is 53.7 cm³/mol. The van der Waals surface area contributed by atoms with E-state index in [0.717, 1.165) is 18.7 Å². The molecule has 0 spiro atoms. The quantitative estimate of drug-likeness (QED) is 0.795. The Labute approximate surface area is 93.2 Å². The van der Waals surface area contributed by atoms with E-state index in [-0.39, 0.29) is 12.7 Å². The van der Waals surface area contributed by atoms with Crippen molar-refractivity contribution in [3.63, 3.8) is 0 Å². The monoisotopic (exact) mass is 225 g/mol. The maximum Gasteiger partial charge on any atom is 0.164 e. The van der Waals surface area contributed by atoms with E-state index in [0.29, 0.717) is 31.7 Å². The first-order chi connectivity index (χ1) is 7.90. The number of aliphatic hydroxyl groups is 1. The molecule has 6 nitrogen and oxygen atoms in total. The Morgan fingerprint density at radius 2 is 2.19 bits per heavy atom. The summed E-state index contributed by atoms with van der Waals surface area (Å²) >= 11 is 0. The summed E-state index contributed by atoms with van der Waals surface area (Å²) in [6.07, 6.45) is 2.12. The van der Waals surface area contributed by atoms with Crippen molar-refractivity contribution in [2.75, 3.05) is 19.8 Å². The van der Waals surface area contributed by atoms with Crippen LogP contribution >= 0.6 is 0 Å². The second kappa shape index (κ2) is 4.12. The molecule has 2 fully saturated rings. The Hall–Kier alpha value is -0.980. The minimum absolute atomic E-state index is 0.0723. The SMILES string of the molecule is OCc1nnc(C2COCCO2)n1C1CC1. The van der Waals surface area contributed by atoms with Crippen molar-refractivity contribution in [1.29, 1.82) is 0 Å². The molecule has 0 aromatic carbocycles. The Bertz CT molecular complexity index is 369. The zero-order valence-electron chi connectivity index (χ0n) is 9.00. The molecule has 3 rings (SSSR count). The average molecular weight is 225 g/mol. The molecule has 1 aromatic rings. The lowest BCUT2D eigenvalue weighted by atomic mass is 10.3. The van der Waals surface area contributed by atoms with Gasteiger partial charge >= 0.3 is 0 Å². The Morgan fingerprint density at radius 3 is 2.81 bits per heavy atom. The maximum atomic E-state index is 9.21. The van der Waals surface area contributed by atoms with Gasteiger partial charge in [0, 0.05) is 6.04 Å². The van der Waals surface area contributed by atoms with Gasteiger partial charge in [-0.3, -0.25) is 0 Å². The van der Waals surface area contributed by atoms with Crippen LogP contribution in [0, 0.1) is 0 Å². The minimum atomic E-state index is -0.137. The van der Waals surface area contributed by atoms with Gasteiger partial charge in [-0.25, -0.2) is 0 Å². The molecule has 1 aliphatic heterocycles. The van der Waals surface area contributed by atoms with Crippen LogP contribution < -0.4 is 0 Å². The van der Waals surface area contributed by atoms with Gasteiger partial charge in [0.05, 0.1) is 19.8 Å². The third-order valence-corrected chi connectivity index (χ3v) is 2.95. The fourth-order valence-electron chi connectivity index (χ4n) is 2.03. The minimum Gasteiger partial charge on any atom is -0.388 e. The fourth-order valence-corrected chi connectivity index (χ4v) is 2.03. The first-order valence-corrected chi connectivity index (χ1v) is 5.64. The molecule has 0 bridgehead atoms. The molecular formula is C10H15N3O3. The highest BCUT2D eigenvalue weighted by Crippen LogP contribution is 2.38. The summed E-state index contributed by atoms with van der Waals surface area (Å²) in [6.45, 7) is 1.69. The summed E-state index contributed by atoms with van der Waals surface area (Å²) in [7, 11) is 0. The fraction of sp³-hybridized carbons (Fsp3) is 0.800. The van der Waals surface area contributed by atoms with Gasteiger partial charge in [-0.1, -0.05) is 0 Å². The summed E-state index contributed by atoms with van der Waals surface area (Å²) in [5.74, 6) is 1.43. The third-order valence-electron chi connectivity index (χ3n) is 2.95. The molecule has 1 aromatic heterocycles. The highest BCUT2D eigenvalue weighted by atomic mass is 16.6. The number of aromatic nitrogens is 3. The van der Waals surface area contributed by atoms with Crippen LogP contribution in [0.15, 0.2) is 0 Å². The normalized spacial score (nSPS) is 25.9. The van der Waals surface area contributed by atoms with Gasteiger partial charge in [-0.15, -0.1) is 10.2 Å². The molecule has 1 aliphatic carbocycles. The van der Waals surface area contributed by atoms with Crippen LogP contribution in [0.1, 0.15) is 36.6 Å². The van der Waals surface area contributed by atoms with E-state index in [1.165, 1.54) is 0 Å². The number of hydrogen-bond acceptors (Lipinski definition) is 5. The van der Waals surface area contributed by atoms with E-state index in [1.807, 2.05) is 4.57 Å². The van der Waals surface area contributed by atoms with Crippen LogP contribution in [0.4, 0.5) is 0 Å². The van der Waals surface area contributed by atoms with Gasteiger partial charge in [0.25, 0.3) is 0 Å². The van der Waals surface area contributed by atoms with E-state index < -0.39 is 0 Å². The molecule has 6 heteroatoms. The Balaban J connectivity index is 1.89. The van der Waals surface area contributed by atoms with Crippen molar-refractivity contribution in [3.8, 4) is 0 Å². The summed E-state index contributed by atoms with van der Waals surface area (Å²) < 4.78 is 13.0. The highest BCUT2D eigenvalue weighted by Gasteiger charge is 2.33. The van der Waals surface area contributed by atoms with Gasteiger partial charge in [0.15, 0.2) is 11.6 Å². The molecule has 88 valence electrons. The standard InChI is InChI=1S/C10H15N3O3/c14-5-9-11-12-10(13(9)7-1-2-7)8-6-15-3-4-16-8/h7-8,14H,1-6H2. The number of aliphatic hydroxyl groups excluding tert-OH is 1. The lowest BCUT2D eigenvalue weighted by Crippen LogP contribution is -2.25. The molecular weight excluding hydrogens is 210 g/mol. The van der Waals surface area contributed by atoms with E-state index in [2.05, 4.69) is 10.2 Å². The van der Waals surface area contributed by atoms with E-state index >= 15 is 0 Å². The van der Waals surface area contributed by atoms with Crippen molar-refractivity contribution in [3.05, 3.63) is 11.6 Å². The number of rotatable bonds is 3. The number of ether oxygens (including phenoxy) is 2. The first-order valence-electron chi connectivity index (χ1n) is 5.64. The second-order valence-corrected chi connectivity index (χ2v) is 4.17. The van der Waals surface area contributed by atoms with Crippen LogP contribution in [-0.2, 0) is 16.1 Å². The van der Waals surface area contributed by atoms with Gasteiger partial charge in [-0.05, 0) is 12.8 Å². The Kier molecular flexibility index (Phi) is 2.62. The van der Waals surface area contributed by atoms with Crippen LogP contribution in [0.3, 0.4) is 0 Å². The van der Waals surface area contributed by atoms with E-state index in [9.17, 15) is 5.11 Å². The summed E-state index contributed by atoms with van der Waals surface area (Å²) in [6, 6.07) is 0.442. The largest absolute Gasteiger partial charge is 0.388 e. The summed E-state index contributed by atoms with van der Waals surface area (Å²) in [5, 5.41) is 17.3. The first kappa shape index (κ1) is 10.2. The summed E-state index contributed by atoms with van der Waals surface area (Å²) in [5.41, 5.74) is 0. The molecule has 1 saturated carbocycles. The maximum absolute atomic E-state index is 9.21. The van der Waals surface area contributed by atoms with Crippen LogP contribution in [-0.4, -0.2) is 39.7 Å². The molecule has 0 radical (unpaired) electrons. The Morgan fingerprint density at radius 1 is 1.31 bits per heavy atom. The molecule has 1 N–H and O–H groups in total. The third kappa shape index (κ3) is 1.73. The zero-order valence-corrected chi connectivity index (χ0v) is 9.00. The van der Waals surface area contributed by atoms with Crippen molar-refractivity contribution in [2.45, 2.75) is 31.6 Å². The van der Waals surface area contributed by atoms with Crippen LogP contribution in [0.2, 0.25) is 0 Å². The van der Waals surface area contributed by atoms with Crippen LogP contribution in [0.5, 0.6) is 0 Å². The number of nitrogens with zero attached hydrogens (tertiary/aromatic N) is 3. The van der Waals surface area contributed by atoms with Crippen molar-refractivity contribution >= 4 is 0 Å². The summed E-state index contributed by atoms with van der Waals surface area (Å²) in [4.78, 5) is 0. The van der Waals surface area contributed by atoms with E-state index in [1.54, 1.807) is 0 Å². The molecule has 16 heavy (non-hydrogen) atoms. The molecule has 1 atom stereocenters. The molecule has 2 aliphatic rings.